The molecule has 0 aromatic rings. The summed E-state index contributed by atoms with van der Waals surface area (Å²) in [5.74, 6) is 0.470. The fourth-order valence-corrected chi connectivity index (χ4v) is 2.78. The van der Waals surface area contributed by atoms with Crippen LogP contribution in [0.5, 0.6) is 0 Å². The van der Waals surface area contributed by atoms with E-state index in [9.17, 15) is 9.90 Å². The molecule has 0 bridgehead atoms. The molecule has 0 radical (unpaired) electrons. The van der Waals surface area contributed by atoms with Gasteiger partial charge in [0.2, 0.25) is 5.91 Å². The summed E-state index contributed by atoms with van der Waals surface area (Å²) in [6.45, 7) is 4.03. The third kappa shape index (κ3) is 2.80. The maximum atomic E-state index is 12.2. The number of hydrogen-bond donors (Lipinski definition) is 1. The molecule has 1 aliphatic heterocycles. The summed E-state index contributed by atoms with van der Waals surface area (Å²) in [5.41, 5.74) is 0.258. The Hall–Kier alpha value is -0.610. The molecular formula is C13H23NO3. The van der Waals surface area contributed by atoms with Crippen molar-refractivity contribution in [3.63, 3.8) is 0 Å². The van der Waals surface area contributed by atoms with Crippen molar-refractivity contribution in [2.24, 2.45) is 11.3 Å². The van der Waals surface area contributed by atoms with E-state index in [1.165, 1.54) is 0 Å². The van der Waals surface area contributed by atoms with Crippen molar-refractivity contribution >= 4 is 5.91 Å². The normalized spacial score (nSPS) is 27.8. The average Bonchev–Trinajstić information content (AvgIpc) is 2.99. The van der Waals surface area contributed by atoms with Crippen LogP contribution in [0.4, 0.5) is 0 Å². The number of aliphatic hydroxyl groups excluding tert-OH is 1. The van der Waals surface area contributed by atoms with Gasteiger partial charge >= 0.3 is 0 Å². The van der Waals surface area contributed by atoms with Gasteiger partial charge in [-0.15, -0.1) is 0 Å². The molecule has 2 fully saturated rings. The first kappa shape index (κ1) is 12.8. The van der Waals surface area contributed by atoms with Crippen molar-refractivity contribution in [3.8, 4) is 0 Å². The van der Waals surface area contributed by atoms with Gasteiger partial charge in [-0.3, -0.25) is 4.79 Å². The van der Waals surface area contributed by atoms with Crippen molar-refractivity contribution in [2.45, 2.75) is 38.7 Å². The monoisotopic (exact) mass is 241 g/mol. The molecule has 1 saturated carbocycles. The number of rotatable bonds is 4. The molecule has 1 spiro atoms. The smallest absolute Gasteiger partial charge is 0.226 e. The van der Waals surface area contributed by atoms with E-state index < -0.39 is 0 Å². The summed E-state index contributed by atoms with van der Waals surface area (Å²) < 4.78 is 5.35. The second-order valence-electron chi connectivity index (χ2n) is 5.63. The highest BCUT2D eigenvalue weighted by Crippen LogP contribution is 2.59. The third-order valence-corrected chi connectivity index (χ3v) is 4.23. The molecule has 1 aliphatic carbocycles. The van der Waals surface area contributed by atoms with Gasteiger partial charge < -0.3 is 14.7 Å². The molecule has 17 heavy (non-hydrogen) atoms. The zero-order valence-corrected chi connectivity index (χ0v) is 10.8. The van der Waals surface area contributed by atoms with E-state index in [1.54, 1.807) is 11.8 Å². The first-order valence-electron chi connectivity index (χ1n) is 6.56. The Morgan fingerprint density at radius 1 is 1.53 bits per heavy atom. The van der Waals surface area contributed by atoms with Crippen molar-refractivity contribution in [3.05, 3.63) is 0 Å². The second kappa shape index (κ2) is 4.94. The first-order valence-corrected chi connectivity index (χ1v) is 6.56. The Balaban J connectivity index is 1.81. The zero-order chi connectivity index (χ0) is 12.5. The standard InChI is InChI=1S/C13H23NO3/c1-10(15)3-6-14(2)12(16)11-9-13(11)4-7-17-8-5-13/h10-11,15H,3-9H2,1-2H3. The molecule has 2 aliphatic rings. The average molecular weight is 241 g/mol. The highest BCUT2D eigenvalue weighted by atomic mass is 16.5. The molecule has 1 heterocycles. The van der Waals surface area contributed by atoms with Crippen LogP contribution in [0.2, 0.25) is 0 Å². The lowest BCUT2D eigenvalue weighted by molar-refractivity contribution is -0.132. The van der Waals surface area contributed by atoms with E-state index in [0.29, 0.717) is 13.0 Å². The Morgan fingerprint density at radius 3 is 2.76 bits per heavy atom. The summed E-state index contributed by atoms with van der Waals surface area (Å²) in [5, 5.41) is 9.22. The summed E-state index contributed by atoms with van der Waals surface area (Å²) in [6, 6.07) is 0. The van der Waals surface area contributed by atoms with Crippen LogP contribution in [0.25, 0.3) is 0 Å². The molecular weight excluding hydrogens is 218 g/mol. The lowest BCUT2D eigenvalue weighted by atomic mass is 9.93. The van der Waals surface area contributed by atoms with Gasteiger partial charge in [-0.2, -0.15) is 0 Å². The fraction of sp³-hybridized carbons (Fsp3) is 0.923. The quantitative estimate of drug-likeness (QED) is 0.800. The van der Waals surface area contributed by atoms with Gasteiger partial charge in [0, 0.05) is 32.7 Å². The van der Waals surface area contributed by atoms with Gasteiger partial charge in [-0.05, 0) is 38.0 Å². The molecule has 4 nitrogen and oxygen atoms in total. The largest absolute Gasteiger partial charge is 0.393 e. The highest BCUT2D eigenvalue weighted by molar-refractivity contribution is 5.82. The van der Waals surface area contributed by atoms with Crippen molar-refractivity contribution in [1.82, 2.24) is 4.90 Å². The number of carbonyl (C=O) groups is 1. The predicted molar refractivity (Wildman–Crippen MR) is 64.5 cm³/mol. The van der Waals surface area contributed by atoms with Crippen LogP contribution in [-0.2, 0) is 9.53 Å². The van der Waals surface area contributed by atoms with Crippen LogP contribution in [0.1, 0.15) is 32.6 Å². The van der Waals surface area contributed by atoms with Crippen LogP contribution in [-0.4, -0.2) is 48.8 Å². The van der Waals surface area contributed by atoms with Crippen LogP contribution >= 0.6 is 0 Å². The zero-order valence-electron chi connectivity index (χ0n) is 10.8. The molecule has 2 rings (SSSR count). The fourth-order valence-electron chi connectivity index (χ4n) is 2.78. The van der Waals surface area contributed by atoms with Crippen LogP contribution < -0.4 is 0 Å². The van der Waals surface area contributed by atoms with Gasteiger partial charge in [-0.25, -0.2) is 0 Å². The Labute approximate surface area is 103 Å². The van der Waals surface area contributed by atoms with E-state index in [4.69, 9.17) is 4.74 Å². The van der Waals surface area contributed by atoms with Gasteiger partial charge in [-0.1, -0.05) is 0 Å². The molecule has 1 saturated heterocycles. The minimum absolute atomic E-state index is 0.213. The minimum atomic E-state index is -0.332. The number of amides is 1. The van der Waals surface area contributed by atoms with Gasteiger partial charge in [0.05, 0.1) is 6.10 Å². The molecule has 0 aromatic carbocycles. The molecule has 2 unspecified atom stereocenters. The van der Waals surface area contributed by atoms with Crippen molar-refractivity contribution < 1.29 is 14.6 Å². The topological polar surface area (TPSA) is 49.8 Å². The number of ether oxygens (including phenoxy) is 1. The molecule has 2 atom stereocenters. The number of aliphatic hydroxyl groups is 1. The van der Waals surface area contributed by atoms with Gasteiger partial charge in [0.15, 0.2) is 0 Å². The maximum Gasteiger partial charge on any atom is 0.226 e. The predicted octanol–water partition coefficient (Wildman–Crippen LogP) is 1.03. The maximum absolute atomic E-state index is 12.2. The Kier molecular flexibility index (Phi) is 3.73. The van der Waals surface area contributed by atoms with Gasteiger partial charge in [0.25, 0.3) is 0 Å². The molecule has 4 heteroatoms. The van der Waals surface area contributed by atoms with Crippen molar-refractivity contribution in [1.29, 1.82) is 0 Å². The molecule has 1 N–H and O–H groups in total. The van der Waals surface area contributed by atoms with Crippen LogP contribution in [0, 0.1) is 11.3 Å². The van der Waals surface area contributed by atoms with E-state index in [-0.39, 0.29) is 23.3 Å². The number of hydrogen-bond acceptors (Lipinski definition) is 3. The van der Waals surface area contributed by atoms with E-state index >= 15 is 0 Å². The molecule has 98 valence electrons. The van der Waals surface area contributed by atoms with E-state index in [0.717, 1.165) is 32.5 Å². The Morgan fingerprint density at radius 2 is 2.18 bits per heavy atom. The number of nitrogens with zero attached hydrogens (tertiary/aromatic N) is 1. The van der Waals surface area contributed by atoms with E-state index in [1.807, 2.05) is 7.05 Å². The lowest BCUT2D eigenvalue weighted by Gasteiger charge is -2.24. The molecule has 1 amide bonds. The van der Waals surface area contributed by atoms with Gasteiger partial charge in [0.1, 0.15) is 0 Å². The lowest BCUT2D eigenvalue weighted by Crippen LogP contribution is -2.33. The number of carbonyl (C=O) groups excluding carboxylic acids is 1. The summed E-state index contributed by atoms with van der Waals surface area (Å²) in [7, 11) is 1.84. The highest BCUT2D eigenvalue weighted by Gasteiger charge is 2.58. The van der Waals surface area contributed by atoms with Crippen LogP contribution in [0.15, 0.2) is 0 Å². The summed E-state index contributed by atoms with van der Waals surface area (Å²) in [6.07, 6.45) is 3.43. The second-order valence-corrected chi connectivity index (χ2v) is 5.63. The SMILES string of the molecule is CC(O)CCN(C)C(=O)C1CC12CCOCC2. The van der Waals surface area contributed by atoms with Crippen molar-refractivity contribution in [2.75, 3.05) is 26.8 Å². The van der Waals surface area contributed by atoms with Crippen LogP contribution in [0.3, 0.4) is 0 Å². The molecule has 0 aromatic heterocycles. The summed E-state index contributed by atoms with van der Waals surface area (Å²) >= 11 is 0. The first-order chi connectivity index (χ1) is 8.05. The summed E-state index contributed by atoms with van der Waals surface area (Å²) in [4.78, 5) is 14.0. The minimum Gasteiger partial charge on any atom is -0.393 e. The van der Waals surface area contributed by atoms with E-state index in [2.05, 4.69) is 0 Å². The third-order valence-electron chi connectivity index (χ3n) is 4.23. The Bertz CT molecular complexity index is 284.